The van der Waals surface area contributed by atoms with Gasteiger partial charge >= 0.3 is 5.97 Å². The van der Waals surface area contributed by atoms with Crippen LogP contribution in [0.5, 0.6) is 5.75 Å². The quantitative estimate of drug-likeness (QED) is 0.737. The Morgan fingerprint density at radius 1 is 1.14 bits per heavy atom. The first-order chi connectivity index (χ1) is 13.1. The van der Waals surface area contributed by atoms with Gasteiger partial charge < -0.3 is 14.8 Å². The number of esters is 1. The van der Waals surface area contributed by atoms with Gasteiger partial charge in [0.15, 0.2) is 6.61 Å². The van der Waals surface area contributed by atoms with Crippen LogP contribution in [-0.4, -0.2) is 34.9 Å². The molecule has 7 nitrogen and oxygen atoms in total. The van der Waals surface area contributed by atoms with E-state index < -0.39 is 0 Å². The molecule has 2 rings (SSSR count). The van der Waals surface area contributed by atoms with Gasteiger partial charge in [0.25, 0.3) is 5.91 Å². The van der Waals surface area contributed by atoms with Crippen LogP contribution in [0.2, 0.25) is 0 Å². The minimum absolute atomic E-state index is 0.00695. The summed E-state index contributed by atoms with van der Waals surface area (Å²) in [7, 11) is 0. The molecule has 0 aliphatic rings. The van der Waals surface area contributed by atoms with Crippen LogP contribution in [0.4, 0.5) is 5.69 Å². The topological polar surface area (TPSA) is 82.5 Å². The molecular weight excluding hydrogens is 358 g/mol. The number of ether oxygens (including phenoxy) is 2. The summed E-state index contributed by atoms with van der Waals surface area (Å²) in [6.07, 6.45) is 0. The average molecular weight is 387 g/mol. The van der Waals surface area contributed by atoms with Gasteiger partial charge in [0.2, 0.25) is 0 Å². The Kier molecular flexibility index (Phi) is 6.83. The van der Waals surface area contributed by atoms with Crippen molar-refractivity contribution in [1.82, 2.24) is 9.78 Å². The molecule has 28 heavy (non-hydrogen) atoms. The molecule has 152 valence electrons. The number of rotatable bonds is 7. The highest BCUT2D eigenvalue weighted by molar-refractivity contribution is 5.93. The molecule has 0 unspecified atom stereocenters. The molecule has 0 aliphatic carbocycles. The van der Waals surface area contributed by atoms with Gasteiger partial charge in [0.05, 0.1) is 23.7 Å². The Morgan fingerprint density at radius 3 is 2.36 bits per heavy atom. The van der Waals surface area contributed by atoms with Crippen molar-refractivity contribution in [2.24, 2.45) is 0 Å². The van der Waals surface area contributed by atoms with Crippen LogP contribution < -0.4 is 10.1 Å². The van der Waals surface area contributed by atoms with Gasteiger partial charge in [-0.3, -0.25) is 14.3 Å². The summed E-state index contributed by atoms with van der Waals surface area (Å²) < 4.78 is 12.0. The van der Waals surface area contributed by atoms with E-state index in [0.29, 0.717) is 29.4 Å². The molecule has 0 spiro atoms. The van der Waals surface area contributed by atoms with Crippen LogP contribution in [0.15, 0.2) is 24.3 Å². The molecule has 0 saturated carbocycles. The zero-order chi connectivity index (χ0) is 20.9. The molecule has 0 aliphatic heterocycles. The van der Waals surface area contributed by atoms with Crippen LogP contribution in [0.1, 0.15) is 44.6 Å². The van der Waals surface area contributed by atoms with Gasteiger partial charge in [-0.1, -0.05) is 32.9 Å². The Hall–Kier alpha value is -2.83. The van der Waals surface area contributed by atoms with E-state index >= 15 is 0 Å². The highest BCUT2D eigenvalue weighted by atomic mass is 16.5. The largest absolute Gasteiger partial charge is 0.484 e. The van der Waals surface area contributed by atoms with E-state index in [1.807, 2.05) is 24.3 Å². The molecule has 0 atom stereocenters. The van der Waals surface area contributed by atoms with Crippen LogP contribution >= 0.6 is 0 Å². The zero-order valence-electron chi connectivity index (χ0n) is 17.5. The van der Waals surface area contributed by atoms with E-state index in [9.17, 15) is 9.59 Å². The predicted molar refractivity (Wildman–Crippen MR) is 108 cm³/mol. The molecule has 1 aromatic heterocycles. The Balaban J connectivity index is 1.96. The van der Waals surface area contributed by atoms with Crippen molar-refractivity contribution in [3.63, 3.8) is 0 Å². The number of benzene rings is 1. The fraction of sp³-hybridized carbons (Fsp3) is 0.476. The maximum atomic E-state index is 12.3. The van der Waals surface area contributed by atoms with E-state index in [1.54, 1.807) is 20.8 Å². The first kappa shape index (κ1) is 21.5. The Labute approximate surface area is 166 Å². The molecule has 2 aromatic rings. The summed E-state index contributed by atoms with van der Waals surface area (Å²) in [5.41, 5.74) is 3.16. The van der Waals surface area contributed by atoms with Gasteiger partial charge in [0.1, 0.15) is 12.3 Å². The second-order valence-electron chi connectivity index (χ2n) is 7.62. The van der Waals surface area contributed by atoms with Crippen LogP contribution in [0.3, 0.4) is 0 Å². The van der Waals surface area contributed by atoms with Gasteiger partial charge in [-0.25, -0.2) is 0 Å². The molecule has 0 bridgehead atoms. The first-order valence-electron chi connectivity index (χ1n) is 9.34. The number of hydrogen-bond donors (Lipinski definition) is 1. The molecule has 0 fully saturated rings. The van der Waals surface area contributed by atoms with Crippen molar-refractivity contribution in [1.29, 1.82) is 0 Å². The highest BCUT2D eigenvalue weighted by Gasteiger charge is 2.17. The molecule has 0 saturated heterocycles. The number of aromatic nitrogens is 2. The van der Waals surface area contributed by atoms with E-state index in [1.165, 1.54) is 10.2 Å². The van der Waals surface area contributed by atoms with Crippen molar-refractivity contribution < 1.29 is 19.1 Å². The second kappa shape index (κ2) is 8.91. The standard InChI is InChI=1S/C21H29N3O4/c1-7-27-19(26)12-24-15(3)20(14(2)23-24)22-18(25)13-28-17-10-8-16(9-11-17)21(4,5)6/h8-11H,7,12-13H2,1-6H3,(H,22,25). The summed E-state index contributed by atoms with van der Waals surface area (Å²) in [6, 6.07) is 7.73. The van der Waals surface area contributed by atoms with Crippen LogP contribution in [-0.2, 0) is 26.3 Å². The molecule has 1 aromatic carbocycles. The van der Waals surface area contributed by atoms with Gasteiger partial charge in [-0.15, -0.1) is 0 Å². The molecule has 1 N–H and O–H groups in total. The minimum atomic E-state index is -0.368. The van der Waals surface area contributed by atoms with Gasteiger partial charge in [-0.2, -0.15) is 5.10 Å². The monoisotopic (exact) mass is 387 g/mol. The van der Waals surface area contributed by atoms with Crippen molar-refractivity contribution in [3.8, 4) is 5.75 Å². The van der Waals surface area contributed by atoms with E-state index in [4.69, 9.17) is 9.47 Å². The van der Waals surface area contributed by atoms with Crippen molar-refractivity contribution in [3.05, 3.63) is 41.2 Å². The average Bonchev–Trinajstić information content (AvgIpc) is 2.87. The third-order valence-corrected chi connectivity index (χ3v) is 4.32. The predicted octanol–water partition coefficient (Wildman–Crippen LogP) is 3.38. The number of aryl methyl sites for hydroxylation is 1. The maximum Gasteiger partial charge on any atom is 0.327 e. The number of carbonyl (C=O) groups is 2. The van der Waals surface area contributed by atoms with Crippen molar-refractivity contribution >= 4 is 17.6 Å². The second-order valence-corrected chi connectivity index (χ2v) is 7.62. The number of amides is 1. The van der Waals surface area contributed by atoms with Gasteiger partial charge in [0, 0.05) is 0 Å². The smallest absolute Gasteiger partial charge is 0.327 e. The van der Waals surface area contributed by atoms with E-state index in [0.717, 1.165) is 0 Å². The summed E-state index contributed by atoms with van der Waals surface area (Å²) in [4.78, 5) is 23.9. The highest BCUT2D eigenvalue weighted by Crippen LogP contribution is 2.24. The first-order valence-corrected chi connectivity index (χ1v) is 9.34. The summed E-state index contributed by atoms with van der Waals surface area (Å²) in [6.45, 7) is 12.0. The van der Waals surface area contributed by atoms with Crippen LogP contribution in [0.25, 0.3) is 0 Å². The van der Waals surface area contributed by atoms with E-state index in [2.05, 4.69) is 31.2 Å². The van der Waals surface area contributed by atoms with Crippen molar-refractivity contribution in [2.45, 2.75) is 53.5 Å². The Bertz CT molecular complexity index is 833. The number of nitrogens with zero attached hydrogens (tertiary/aromatic N) is 2. The number of nitrogens with one attached hydrogen (secondary N) is 1. The summed E-state index contributed by atoms with van der Waals surface area (Å²) in [5, 5.41) is 7.11. The zero-order valence-corrected chi connectivity index (χ0v) is 17.5. The van der Waals surface area contributed by atoms with Crippen molar-refractivity contribution in [2.75, 3.05) is 18.5 Å². The van der Waals surface area contributed by atoms with Gasteiger partial charge in [-0.05, 0) is 43.9 Å². The number of anilines is 1. The molecule has 1 heterocycles. The lowest BCUT2D eigenvalue weighted by Crippen LogP contribution is -2.21. The lowest BCUT2D eigenvalue weighted by molar-refractivity contribution is -0.144. The minimum Gasteiger partial charge on any atom is -0.484 e. The SMILES string of the molecule is CCOC(=O)Cn1nc(C)c(NC(=O)COc2ccc(C(C)(C)C)cc2)c1C. The lowest BCUT2D eigenvalue weighted by Gasteiger charge is -2.19. The molecular formula is C21H29N3O4. The fourth-order valence-electron chi connectivity index (χ4n) is 2.74. The fourth-order valence-corrected chi connectivity index (χ4v) is 2.74. The molecule has 0 radical (unpaired) electrons. The lowest BCUT2D eigenvalue weighted by atomic mass is 9.87. The summed E-state index contributed by atoms with van der Waals surface area (Å²) >= 11 is 0. The molecule has 1 amide bonds. The van der Waals surface area contributed by atoms with Crippen LogP contribution in [0, 0.1) is 13.8 Å². The summed E-state index contributed by atoms with van der Waals surface area (Å²) in [5.74, 6) is -0.0237. The molecule has 7 heteroatoms. The Morgan fingerprint density at radius 2 is 1.79 bits per heavy atom. The number of hydrogen-bond acceptors (Lipinski definition) is 5. The third-order valence-electron chi connectivity index (χ3n) is 4.32. The third kappa shape index (κ3) is 5.58. The normalized spacial score (nSPS) is 11.2. The van der Waals surface area contributed by atoms with E-state index in [-0.39, 0.29) is 30.4 Å². The maximum absolute atomic E-state index is 12.3. The number of carbonyl (C=O) groups excluding carboxylic acids is 2.